The van der Waals surface area contributed by atoms with Crippen molar-refractivity contribution in [3.8, 4) is 5.75 Å². The van der Waals surface area contributed by atoms with Gasteiger partial charge in [0.05, 0.1) is 11.1 Å². The van der Waals surface area contributed by atoms with Gasteiger partial charge in [0, 0.05) is 55.4 Å². The van der Waals surface area contributed by atoms with E-state index >= 15 is 0 Å². The number of aromatic amines is 1. The van der Waals surface area contributed by atoms with E-state index in [0.717, 1.165) is 5.56 Å². The van der Waals surface area contributed by atoms with E-state index in [1.165, 1.54) is 41.0 Å². The first kappa shape index (κ1) is 42.1. The van der Waals surface area contributed by atoms with Crippen LogP contribution in [-0.2, 0) is 30.4 Å². The predicted molar refractivity (Wildman–Crippen MR) is 205 cm³/mol. The van der Waals surface area contributed by atoms with Crippen LogP contribution < -0.4 is 26.8 Å². The lowest BCUT2D eigenvalue weighted by Gasteiger charge is -2.38. The topological polar surface area (TPSA) is 268 Å². The second kappa shape index (κ2) is 18.7. The van der Waals surface area contributed by atoms with Gasteiger partial charge >= 0.3 is 0 Å². The first-order valence-electron chi connectivity index (χ1n) is 18.1. The lowest BCUT2D eigenvalue weighted by Crippen LogP contribution is -2.61. The molecule has 1 aromatic heterocycles. The predicted octanol–water partition coefficient (Wildman–Crippen LogP) is 1.61. The molecule has 0 aliphatic carbocycles. The molecule has 3 heterocycles. The van der Waals surface area contributed by atoms with E-state index < -0.39 is 67.6 Å². The Bertz CT molecular complexity index is 2010. The van der Waals surface area contributed by atoms with Crippen LogP contribution in [0.2, 0.25) is 5.02 Å². The number of carbonyl (C=O) groups excluding carboxylic acids is 7. The molecule has 0 bridgehead atoms. The molecule has 2 aliphatic rings. The molecule has 2 fully saturated rings. The monoisotopic (exact) mass is 813 g/mol. The van der Waals surface area contributed by atoms with Gasteiger partial charge in [-0.25, -0.2) is 0 Å². The minimum absolute atomic E-state index is 0.0463. The summed E-state index contributed by atoms with van der Waals surface area (Å²) in [5, 5.41) is 6.43. The fourth-order valence-electron chi connectivity index (χ4n) is 7.08. The minimum Gasteiger partial charge on any atom is -0.490 e. The molecule has 6 amide bonds. The molecule has 9 N–H and O–H groups in total. The summed E-state index contributed by atoms with van der Waals surface area (Å²) in [6.07, 6.45) is 2.43. The number of aromatic nitrogens is 1. The van der Waals surface area contributed by atoms with Crippen molar-refractivity contribution < 1.29 is 48.1 Å². The van der Waals surface area contributed by atoms with Crippen molar-refractivity contribution in [2.75, 3.05) is 19.7 Å². The standard InChI is InChI=1S/C37H45ClN7O10P/c1-20(46)44-15-14-25-10-12-29(35(50)41-24(9-13-32(40)48)19-55-30-6-2-4-21(33(30)38)5-3-7-31(39)47)45(25)36(51)28(18-44)43-34(49)27-17-23-16-22(37(52)56(53)54)8-11-26(23)42-27/h2,4,6,8,11,16-17,24-25,28-29,42,53-54H,3,5,7,9-10,12-15,18-19H2,1H3,(H2,39,47)(H2,40,48)(H,41,50)(H,43,49)/t24?,25-,28?,29?/m1/s1. The van der Waals surface area contributed by atoms with Crippen molar-refractivity contribution in [2.45, 2.75) is 82.5 Å². The molecule has 3 unspecified atom stereocenters. The summed E-state index contributed by atoms with van der Waals surface area (Å²) >= 11 is 6.60. The van der Waals surface area contributed by atoms with Crippen LogP contribution in [0, 0.1) is 0 Å². The number of benzene rings is 2. The third-order valence-electron chi connectivity index (χ3n) is 9.98. The summed E-state index contributed by atoms with van der Waals surface area (Å²) in [4.78, 5) is 114. The first-order valence-corrected chi connectivity index (χ1v) is 19.8. The fraction of sp³-hybridized carbons (Fsp3) is 0.432. The second-order valence-corrected chi connectivity index (χ2v) is 15.3. The highest BCUT2D eigenvalue weighted by molar-refractivity contribution is 7.65. The van der Waals surface area contributed by atoms with Gasteiger partial charge in [-0.2, -0.15) is 0 Å². The molecule has 19 heteroatoms. The summed E-state index contributed by atoms with van der Waals surface area (Å²) in [7, 11) is -2.84. The number of hydrogen-bond donors (Lipinski definition) is 7. The van der Waals surface area contributed by atoms with E-state index in [1.54, 1.807) is 18.2 Å². The van der Waals surface area contributed by atoms with Crippen LogP contribution >= 0.6 is 20.0 Å². The molecule has 0 spiro atoms. The van der Waals surface area contributed by atoms with Gasteiger partial charge in [-0.15, -0.1) is 0 Å². The number of nitrogens with two attached hydrogens (primary N) is 2. The SMILES string of the molecule is CC(=O)N1CC[C@H]2CCC(C(=O)NC(CCC(N)=O)COc3cccc(CCCC(N)=O)c3Cl)N2C(=O)C(NC(=O)c2cc3cc(C(=O)P(O)O)ccc3[nH]2)C1. The summed E-state index contributed by atoms with van der Waals surface area (Å²) < 4.78 is 6.02. The maximum atomic E-state index is 14.4. The largest absolute Gasteiger partial charge is 0.490 e. The number of nitrogens with zero attached hydrogens (tertiary/aromatic N) is 2. The lowest BCUT2D eigenvalue weighted by molar-refractivity contribution is -0.145. The number of hydrogen-bond acceptors (Lipinski definition) is 10. The average Bonchev–Trinajstić information content (AvgIpc) is 3.77. The molecule has 2 aromatic carbocycles. The molecule has 5 rings (SSSR count). The lowest BCUT2D eigenvalue weighted by atomic mass is 10.1. The molecule has 3 aromatic rings. The van der Waals surface area contributed by atoms with Crippen molar-refractivity contribution in [1.29, 1.82) is 0 Å². The van der Waals surface area contributed by atoms with Crippen LogP contribution in [-0.4, -0.2) is 109 Å². The van der Waals surface area contributed by atoms with Gasteiger partial charge in [0.25, 0.3) is 5.91 Å². The Morgan fingerprint density at radius 1 is 1.04 bits per heavy atom. The Morgan fingerprint density at radius 3 is 2.48 bits per heavy atom. The number of rotatable bonds is 16. The molecule has 56 heavy (non-hydrogen) atoms. The molecule has 0 saturated carbocycles. The summed E-state index contributed by atoms with van der Waals surface area (Å²) in [6, 6.07) is 7.67. The molecule has 17 nitrogen and oxygen atoms in total. The molecular weight excluding hydrogens is 769 g/mol. The highest BCUT2D eigenvalue weighted by Crippen LogP contribution is 2.33. The van der Waals surface area contributed by atoms with E-state index in [0.29, 0.717) is 53.8 Å². The van der Waals surface area contributed by atoms with Crippen molar-refractivity contribution in [2.24, 2.45) is 11.5 Å². The quantitative estimate of drug-likeness (QED) is 0.103. The van der Waals surface area contributed by atoms with Crippen molar-refractivity contribution in [3.63, 3.8) is 0 Å². The Morgan fingerprint density at radius 2 is 1.79 bits per heavy atom. The number of carbonyl (C=O) groups is 7. The Labute approximate surface area is 328 Å². The van der Waals surface area contributed by atoms with E-state index in [-0.39, 0.29) is 56.1 Å². The molecule has 300 valence electrons. The number of nitrogens with one attached hydrogen (secondary N) is 3. The summed E-state index contributed by atoms with van der Waals surface area (Å²) in [5.74, 6) is -2.69. The minimum atomic E-state index is -2.84. The maximum absolute atomic E-state index is 14.4. The first-order chi connectivity index (χ1) is 26.6. The third-order valence-corrected chi connectivity index (χ3v) is 11.0. The Kier molecular flexibility index (Phi) is 14.0. The van der Waals surface area contributed by atoms with E-state index in [4.69, 9.17) is 27.8 Å². The zero-order valence-corrected chi connectivity index (χ0v) is 32.3. The number of amides is 6. The van der Waals surface area contributed by atoms with Gasteiger partial charge in [0.2, 0.25) is 43.4 Å². The third kappa shape index (κ3) is 10.4. The van der Waals surface area contributed by atoms with E-state index in [9.17, 15) is 43.3 Å². The maximum Gasteiger partial charge on any atom is 0.268 e. The summed E-state index contributed by atoms with van der Waals surface area (Å²) in [5.41, 5.74) is 11.2. The van der Waals surface area contributed by atoms with Gasteiger partial charge in [-0.05, 0) is 74.4 Å². The second-order valence-electron chi connectivity index (χ2n) is 13.9. The van der Waals surface area contributed by atoms with Crippen LogP contribution in [0.1, 0.15) is 78.3 Å². The van der Waals surface area contributed by atoms with Crippen LogP contribution in [0.5, 0.6) is 5.75 Å². The smallest absolute Gasteiger partial charge is 0.268 e. The summed E-state index contributed by atoms with van der Waals surface area (Å²) in [6.45, 7) is 1.42. The van der Waals surface area contributed by atoms with Crippen molar-refractivity contribution in [3.05, 3.63) is 64.3 Å². The number of primary amides is 2. The van der Waals surface area contributed by atoms with Gasteiger partial charge in [0.1, 0.15) is 30.1 Å². The molecule has 2 aliphatic heterocycles. The van der Waals surface area contributed by atoms with Crippen LogP contribution in [0.25, 0.3) is 10.9 Å². The van der Waals surface area contributed by atoms with Gasteiger partial charge in [0.15, 0.2) is 0 Å². The zero-order chi connectivity index (χ0) is 40.7. The zero-order valence-electron chi connectivity index (χ0n) is 30.7. The highest BCUT2D eigenvalue weighted by Gasteiger charge is 2.45. The molecular formula is C37H45ClN7O10P. The van der Waals surface area contributed by atoms with Gasteiger partial charge in [-0.3, -0.25) is 33.6 Å². The van der Waals surface area contributed by atoms with Crippen molar-refractivity contribution in [1.82, 2.24) is 25.4 Å². The molecule has 4 atom stereocenters. The van der Waals surface area contributed by atoms with E-state index in [1.807, 2.05) is 0 Å². The number of ether oxygens (including phenoxy) is 1. The van der Waals surface area contributed by atoms with Gasteiger partial charge in [-0.1, -0.05) is 23.7 Å². The number of halogens is 1. The van der Waals surface area contributed by atoms with E-state index in [2.05, 4.69) is 15.6 Å². The van der Waals surface area contributed by atoms with Gasteiger partial charge < -0.3 is 51.4 Å². The average molecular weight is 814 g/mol. The van der Waals surface area contributed by atoms with Crippen LogP contribution in [0.4, 0.5) is 0 Å². The number of fused-ring (bicyclic) bond motifs is 2. The Balaban J connectivity index is 1.32. The van der Waals surface area contributed by atoms with Crippen molar-refractivity contribution >= 4 is 71.8 Å². The number of H-pyrrole nitrogens is 1. The molecule has 0 radical (unpaired) electrons. The normalized spacial score (nSPS) is 18.9. The fourth-order valence-corrected chi connectivity index (χ4v) is 7.73. The number of aryl methyl sites for hydroxylation is 1. The highest BCUT2D eigenvalue weighted by atomic mass is 35.5. The Hall–Kier alpha value is -5.09. The molecule has 2 saturated heterocycles. The van der Waals surface area contributed by atoms with Crippen LogP contribution in [0.3, 0.4) is 0 Å². The van der Waals surface area contributed by atoms with Crippen LogP contribution in [0.15, 0.2) is 42.5 Å².